The molecule has 0 fully saturated rings. The van der Waals surface area contributed by atoms with Crippen LogP contribution < -0.4 is 10.2 Å². The molecule has 1 heterocycles. The Bertz CT molecular complexity index is 303. The van der Waals surface area contributed by atoms with E-state index in [-0.39, 0.29) is 6.61 Å². The first kappa shape index (κ1) is 11.7. The van der Waals surface area contributed by atoms with Crippen molar-refractivity contribution in [1.29, 1.82) is 0 Å². The van der Waals surface area contributed by atoms with E-state index in [0.717, 1.165) is 11.6 Å². The van der Waals surface area contributed by atoms with Gasteiger partial charge in [-0.3, -0.25) is 4.98 Å². The van der Waals surface area contributed by atoms with Crippen LogP contribution >= 0.6 is 0 Å². The summed E-state index contributed by atoms with van der Waals surface area (Å²) in [4.78, 5) is 10.5. The van der Waals surface area contributed by atoms with Gasteiger partial charge in [-0.2, -0.15) is 0 Å². The third-order valence-corrected chi connectivity index (χ3v) is 2.14. The van der Waals surface area contributed by atoms with E-state index in [9.17, 15) is 0 Å². The topological polar surface area (TPSA) is 61.3 Å². The Balaban J connectivity index is 2.89. The molecule has 5 nitrogen and oxygen atoms in total. The fourth-order valence-electron chi connectivity index (χ4n) is 1.36. The van der Waals surface area contributed by atoms with Crippen molar-refractivity contribution < 1.29 is 5.11 Å². The summed E-state index contributed by atoms with van der Waals surface area (Å²) in [6, 6.07) is 0.290. The van der Waals surface area contributed by atoms with Gasteiger partial charge in [0.1, 0.15) is 11.6 Å². The van der Waals surface area contributed by atoms with Crippen molar-refractivity contribution in [2.45, 2.75) is 19.9 Å². The minimum atomic E-state index is 0.115. The molecule has 0 saturated carbocycles. The maximum absolute atomic E-state index is 8.97. The first-order chi connectivity index (χ1) is 7.19. The Kier molecular flexibility index (Phi) is 4.30. The van der Waals surface area contributed by atoms with Gasteiger partial charge in [0.15, 0.2) is 0 Å². The molecule has 2 N–H and O–H groups in total. The van der Waals surface area contributed by atoms with Crippen LogP contribution in [0.25, 0.3) is 0 Å². The molecule has 0 bridgehead atoms. The molecule has 1 aromatic rings. The molecule has 0 aromatic carbocycles. The highest BCUT2D eigenvalue weighted by Gasteiger charge is 2.11. The van der Waals surface area contributed by atoms with Gasteiger partial charge < -0.3 is 15.3 Å². The Morgan fingerprint density at radius 1 is 1.47 bits per heavy atom. The minimum Gasteiger partial charge on any atom is -0.395 e. The number of hydrogen-bond acceptors (Lipinski definition) is 5. The van der Waals surface area contributed by atoms with E-state index in [1.165, 1.54) is 0 Å². The molecule has 0 spiro atoms. The van der Waals surface area contributed by atoms with Crippen LogP contribution in [0.4, 0.5) is 11.6 Å². The number of anilines is 2. The van der Waals surface area contributed by atoms with Crippen LogP contribution in [0.15, 0.2) is 12.4 Å². The molecule has 0 aliphatic heterocycles. The van der Waals surface area contributed by atoms with Gasteiger partial charge in [-0.15, -0.1) is 0 Å². The van der Waals surface area contributed by atoms with Crippen LogP contribution in [-0.2, 0) is 0 Å². The van der Waals surface area contributed by atoms with Crippen LogP contribution in [0.1, 0.15) is 13.8 Å². The van der Waals surface area contributed by atoms with Crippen LogP contribution in [0, 0.1) is 0 Å². The first-order valence-electron chi connectivity index (χ1n) is 5.06. The number of rotatable bonds is 5. The van der Waals surface area contributed by atoms with Gasteiger partial charge in [0.05, 0.1) is 19.0 Å². The van der Waals surface area contributed by atoms with Crippen molar-refractivity contribution in [3.63, 3.8) is 0 Å². The molecule has 0 aliphatic carbocycles. The van der Waals surface area contributed by atoms with E-state index >= 15 is 0 Å². The van der Waals surface area contributed by atoms with Crippen LogP contribution in [0.5, 0.6) is 0 Å². The Morgan fingerprint density at radius 2 is 2.20 bits per heavy atom. The van der Waals surface area contributed by atoms with E-state index in [0.29, 0.717) is 12.6 Å². The van der Waals surface area contributed by atoms with E-state index < -0.39 is 0 Å². The second-order valence-electron chi connectivity index (χ2n) is 3.52. The second-order valence-corrected chi connectivity index (χ2v) is 3.52. The summed E-state index contributed by atoms with van der Waals surface area (Å²) < 4.78 is 0. The summed E-state index contributed by atoms with van der Waals surface area (Å²) in [6.07, 6.45) is 3.37. The smallest absolute Gasteiger partial charge is 0.149 e. The average molecular weight is 210 g/mol. The number of nitrogens with zero attached hydrogens (tertiary/aromatic N) is 3. The minimum absolute atomic E-state index is 0.115. The zero-order valence-electron chi connectivity index (χ0n) is 9.44. The number of hydrogen-bond donors (Lipinski definition) is 2. The monoisotopic (exact) mass is 210 g/mol. The highest BCUT2D eigenvalue weighted by Crippen LogP contribution is 2.14. The highest BCUT2D eigenvalue weighted by atomic mass is 16.3. The molecule has 1 rings (SSSR count). The molecule has 0 radical (unpaired) electrons. The molecule has 1 aromatic heterocycles. The molecular weight excluding hydrogens is 192 g/mol. The van der Waals surface area contributed by atoms with Crippen LogP contribution in [0.3, 0.4) is 0 Å². The molecule has 15 heavy (non-hydrogen) atoms. The summed E-state index contributed by atoms with van der Waals surface area (Å²) in [5.74, 6) is 1.52. The lowest BCUT2D eigenvalue weighted by Crippen LogP contribution is -2.34. The SMILES string of the molecule is CNc1cncc(N(CCO)C(C)C)n1. The quantitative estimate of drug-likeness (QED) is 0.750. The maximum atomic E-state index is 8.97. The molecule has 84 valence electrons. The van der Waals surface area contributed by atoms with Crippen LogP contribution in [-0.4, -0.2) is 41.3 Å². The molecule has 0 aliphatic rings. The van der Waals surface area contributed by atoms with Gasteiger partial charge in [-0.1, -0.05) is 0 Å². The third kappa shape index (κ3) is 3.06. The molecule has 0 atom stereocenters. The zero-order valence-corrected chi connectivity index (χ0v) is 9.44. The van der Waals surface area contributed by atoms with Crippen molar-refractivity contribution >= 4 is 11.6 Å². The molecule has 0 unspecified atom stereocenters. The maximum Gasteiger partial charge on any atom is 0.149 e. The fraction of sp³-hybridized carbons (Fsp3) is 0.600. The molecule has 5 heteroatoms. The number of nitrogens with one attached hydrogen (secondary N) is 1. The Hall–Kier alpha value is -1.36. The van der Waals surface area contributed by atoms with Gasteiger partial charge in [0.2, 0.25) is 0 Å². The lowest BCUT2D eigenvalue weighted by Gasteiger charge is -2.26. The van der Waals surface area contributed by atoms with Gasteiger partial charge in [0, 0.05) is 19.6 Å². The number of aliphatic hydroxyl groups is 1. The van der Waals surface area contributed by atoms with E-state index in [1.54, 1.807) is 19.4 Å². The number of aromatic nitrogens is 2. The zero-order chi connectivity index (χ0) is 11.3. The van der Waals surface area contributed by atoms with Gasteiger partial charge in [-0.25, -0.2) is 4.98 Å². The highest BCUT2D eigenvalue weighted by molar-refractivity contribution is 5.44. The average Bonchev–Trinajstić information content (AvgIpc) is 2.25. The van der Waals surface area contributed by atoms with Crippen molar-refractivity contribution in [3.05, 3.63) is 12.4 Å². The van der Waals surface area contributed by atoms with Crippen molar-refractivity contribution in [3.8, 4) is 0 Å². The number of aliphatic hydroxyl groups excluding tert-OH is 1. The predicted molar refractivity (Wildman–Crippen MR) is 61.1 cm³/mol. The van der Waals surface area contributed by atoms with Gasteiger partial charge >= 0.3 is 0 Å². The van der Waals surface area contributed by atoms with E-state index in [4.69, 9.17) is 5.11 Å². The van der Waals surface area contributed by atoms with Crippen molar-refractivity contribution in [1.82, 2.24) is 9.97 Å². The standard InChI is InChI=1S/C10H18N4O/c1-8(2)14(4-5-15)10-7-12-6-9(11-3)13-10/h6-8,15H,4-5H2,1-3H3,(H,11,13). The van der Waals surface area contributed by atoms with E-state index in [1.807, 2.05) is 4.90 Å². The van der Waals surface area contributed by atoms with Gasteiger partial charge in [0.25, 0.3) is 0 Å². The van der Waals surface area contributed by atoms with Crippen molar-refractivity contribution in [2.24, 2.45) is 0 Å². The summed E-state index contributed by atoms with van der Waals surface area (Å²) in [5.41, 5.74) is 0. The first-order valence-corrected chi connectivity index (χ1v) is 5.06. The van der Waals surface area contributed by atoms with Crippen LogP contribution in [0.2, 0.25) is 0 Å². The lowest BCUT2D eigenvalue weighted by molar-refractivity contribution is 0.298. The predicted octanol–water partition coefficient (Wildman–Crippen LogP) is 0.725. The summed E-state index contributed by atoms with van der Waals surface area (Å²) in [5, 5.41) is 11.9. The molecule has 0 amide bonds. The third-order valence-electron chi connectivity index (χ3n) is 2.14. The molecule has 0 saturated heterocycles. The van der Waals surface area contributed by atoms with E-state index in [2.05, 4.69) is 29.1 Å². The Labute approximate surface area is 90.2 Å². The van der Waals surface area contributed by atoms with Crippen molar-refractivity contribution in [2.75, 3.05) is 30.4 Å². The largest absolute Gasteiger partial charge is 0.395 e. The second kappa shape index (κ2) is 5.50. The summed E-state index contributed by atoms with van der Waals surface area (Å²) in [7, 11) is 1.81. The van der Waals surface area contributed by atoms with Gasteiger partial charge in [-0.05, 0) is 13.8 Å². The summed E-state index contributed by atoms with van der Waals surface area (Å²) in [6.45, 7) is 4.80. The summed E-state index contributed by atoms with van der Waals surface area (Å²) >= 11 is 0. The normalized spacial score (nSPS) is 10.5. The lowest BCUT2D eigenvalue weighted by atomic mass is 10.3. The molecular formula is C10H18N4O. The fourth-order valence-corrected chi connectivity index (χ4v) is 1.36. The Morgan fingerprint density at radius 3 is 2.73 bits per heavy atom.